The van der Waals surface area contributed by atoms with Gasteiger partial charge in [0.15, 0.2) is 5.84 Å². The first kappa shape index (κ1) is 14.4. The molecule has 1 aromatic rings. The van der Waals surface area contributed by atoms with Gasteiger partial charge in [0, 0.05) is 0 Å². The summed E-state index contributed by atoms with van der Waals surface area (Å²) in [7, 11) is -3.83. The van der Waals surface area contributed by atoms with Gasteiger partial charge in [0.25, 0.3) is 0 Å². The van der Waals surface area contributed by atoms with E-state index in [1.807, 2.05) is 0 Å². The van der Waals surface area contributed by atoms with E-state index < -0.39 is 15.8 Å². The molecule has 6 nitrogen and oxygen atoms in total. The molecule has 0 aromatic heterocycles. The number of rotatable bonds is 4. The maximum absolute atomic E-state index is 13.1. The van der Waals surface area contributed by atoms with Gasteiger partial charge in [0.2, 0.25) is 10.0 Å². The summed E-state index contributed by atoms with van der Waals surface area (Å²) in [6.45, 7) is 2.66. The molecule has 0 spiro atoms. The highest BCUT2D eigenvalue weighted by Crippen LogP contribution is 2.20. The van der Waals surface area contributed by atoms with E-state index in [1.165, 1.54) is 13.8 Å². The minimum Gasteiger partial charge on any atom is -0.409 e. The monoisotopic (exact) mass is 275 g/mol. The molecule has 0 bridgehead atoms. The second kappa shape index (κ2) is 5.32. The Labute approximate surface area is 104 Å². The molecule has 0 fully saturated rings. The molecule has 18 heavy (non-hydrogen) atoms. The van der Waals surface area contributed by atoms with Crippen LogP contribution >= 0.6 is 0 Å². The Morgan fingerprint density at radius 1 is 1.44 bits per heavy atom. The third kappa shape index (κ3) is 3.17. The fourth-order valence-corrected chi connectivity index (χ4v) is 3.05. The Hall–Kier alpha value is -1.67. The number of hydrogen-bond donors (Lipinski definition) is 3. The number of nitrogens with one attached hydrogen (secondary N) is 1. The van der Waals surface area contributed by atoms with E-state index in [0.29, 0.717) is 11.1 Å². The van der Waals surface area contributed by atoms with Crippen LogP contribution in [0.15, 0.2) is 22.2 Å². The number of hydrogen-bond acceptors (Lipinski definition) is 4. The van der Waals surface area contributed by atoms with E-state index in [4.69, 9.17) is 10.9 Å². The molecular weight excluding hydrogens is 261 g/mol. The van der Waals surface area contributed by atoms with Crippen LogP contribution in [0.25, 0.3) is 0 Å². The first-order valence-electron chi connectivity index (χ1n) is 5.00. The summed E-state index contributed by atoms with van der Waals surface area (Å²) in [6.07, 6.45) is 0. The average molecular weight is 275 g/mol. The van der Waals surface area contributed by atoms with Crippen molar-refractivity contribution in [3.63, 3.8) is 0 Å². The molecule has 0 radical (unpaired) electrons. The number of sulfonamides is 1. The van der Waals surface area contributed by atoms with Gasteiger partial charge in [-0.15, -0.1) is 0 Å². The Bertz CT molecular complexity index is 561. The lowest BCUT2D eigenvalue weighted by molar-refractivity contribution is 0.317. The number of nitrogens with zero attached hydrogens (tertiary/aromatic N) is 1. The van der Waals surface area contributed by atoms with E-state index in [1.54, 1.807) is 0 Å². The minimum atomic E-state index is -3.83. The van der Waals surface area contributed by atoms with Crippen LogP contribution in [-0.2, 0) is 10.0 Å². The fourth-order valence-electron chi connectivity index (χ4n) is 1.60. The van der Waals surface area contributed by atoms with Gasteiger partial charge in [-0.3, -0.25) is 0 Å². The van der Waals surface area contributed by atoms with Gasteiger partial charge >= 0.3 is 0 Å². The van der Waals surface area contributed by atoms with Gasteiger partial charge in [-0.25, -0.2) is 17.5 Å². The van der Waals surface area contributed by atoms with Crippen LogP contribution in [0, 0.1) is 19.7 Å². The highest BCUT2D eigenvalue weighted by atomic mass is 32.2. The van der Waals surface area contributed by atoms with Crippen molar-refractivity contribution < 1.29 is 18.0 Å². The van der Waals surface area contributed by atoms with Crippen molar-refractivity contribution in [3.8, 4) is 0 Å². The molecule has 4 N–H and O–H groups in total. The highest BCUT2D eigenvalue weighted by molar-refractivity contribution is 7.89. The van der Waals surface area contributed by atoms with Gasteiger partial charge < -0.3 is 10.9 Å². The van der Waals surface area contributed by atoms with E-state index in [9.17, 15) is 12.8 Å². The minimum absolute atomic E-state index is 0.00496. The number of nitrogens with two attached hydrogens (primary N) is 1. The van der Waals surface area contributed by atoms with Gasteiger partial charge in [0.05, 0.1) is 11.4 Å². The maximum atomic E-state index is 13.1. The molecule has 100 valence electrons. The molecule has 0 saturated carbocycles. The van der Waals surface area contributed by atoms with Crippen molar-refractivity contribution in [2.45, 2.75) is 18.7 Å². The predicted octanol–water partition coefficient (Wildman–Crippen LogP) is 0.467. The molecule has 0 aliphatic carbocycles. The van der Waals surface area contributed by atoms with Crippen molar-refractivity contribution in [1.82, 2.24) is 4.72 Å². The van der Waals surface area contributed by atoms with Gasteiger partial charge in [0.1, 0.15) is 5.82 Å². The number of halogens is 1. The SMILES string of the molecule is Cc1cc(F)cc(C)c1S(=O)(=O)NC/C(N)=N/O. The standard InChI is InChI=1S/C10H14FN3O3S/c1-6-3-8(11)4-7(2)10(6)18(16,17)13-5-9(12)14-15/h3-4,13,15H,5H2,1-2H3,(H2,12,14). The van der Waals surface area contributed by atoms with Crippen LogP contribution in [0.2, 0.25) is 0 Å². The lowest BCUT2D eigenvalue weighted by Gasteiger charge is -2.11. The zero-order valence-corrected chi connectivity index (χ0v) is 10.8. The van der Waals surface area contributed by atoms with Crippen molar-refractivity contribution in [3.05, 3.63) is 29.1 Å². The van der Waals surface area contributed by atoms with Gasteiger partial charge in [-0.05, 0) is 37.1 Å². The number of amidine groups is 1. The summed E-state index contributed by atoms with van der Waals surface area (Å²) >= 11 is 0. The van der Waals surface area contributed by atoms with Crippen molar-refractivity contribution >= 4 is 15.9 Å². The summed E-state index contributed by atoms with van der Waals surface area (Å²) in [5, 5.41) is 11.0. The first-order valence-corrected chi connectivity index (χ1v) is 6.49. The van der Waals surface area contributed by atoms with Crippen LogP contribution in [0.3, 0.4) is 0 Å². The third-order valence-electron chi connectivity index (χ3n) is 2.27. The second-order valence-corrected chi connectivity index (χ2v) is 5.49. The second-order valence-electron chi connectivity index (χ2n) is 3.78. The fraction of sp³-hybridized carbons (Fsp3) is 0.300. The molecule has 8 heteroatoms. The Kier molecular flexibility index (Phi) is 4.25. The molecule has 0 amide bonds. The van der Waals surface area contributed by atoms with Crippen molar-refractivity contribution in [2.75, 3.05) is 6.54 Å². The largest absolute Gasteiger partial charge is 0.409 e. The third-order valence-corrected chi connectivity index (χ3v) is 3.97. The van der Waals surface area contributed by atoms with Crippen LogP contribution in [-0.4, -0.2) is 26.0 Å². The zero-order valence-electron chi connectivity index (χ0n) is 9.94. The quantitative estimate of drug-likeness (QED) is 0.321. The maximum Gasteiger partial charge on any atom is 0.241 e. The number of oxime groups is 1. The van der Waals surface area contributed by atoms with E-state index in [0.717, 1.165) is 12.1 Å². The molecule has 0 aliphatic heterocycles. The Morgan fingerprint density at radius 2 is 1.94 bits per heavy atom. The Balaban J connectivity index is 3.14. The predicted molar refractivity (Wildman–Crippen MR) is 64.5 cm³/mol. The lowest BCUT2D eigenvalue weighted by atomic mass is 10.1. The summed E-state index contributed by atoms with van der Waals surface area (Å²) in [5.74, 6) is -0.767. The van der Waals surface area contributed by atoms with E-state index >= 15 is 0 Å². The van der Waals surface area contributed by atoms with Gasteiger partial charge in [-0.1, -0.05) is 5.16 Å². The molecule has 1 rings (SSSR count). The van der Waals surface area contributed by atoms with Crippen molar-refractivity contribution in [2.24, 2.45) is 10.9 Å². The molecule has 1 aromatic carbocycles. The normalized spacial score (nSPS) is 12.7. The van der Waals surface area contributed by atoms with E-state index in [-0.39, 0.29) is 17.3 Å². The van der Waals surface area contributed by atoms with Crippen LogP contribution in [0.5, 0.6) is 0 Å². The number of aryl methyl sites for hydroxylation is 2. The number of benzene rings is 1. The van der Waals surface area contributed by atoms with Gasteiger partial charge in [-0.2, -0.15) is 0 Å². The summed E-state index contributed by atoms with van der Waals surface area (Å²) in [4.78, 5) is -0.00496. The lowest BCUT2D eigenvalue weighted by Crippen LogP contribution is -2.34. The Morgan fingerprint density at radius 3 is 2.39 bits per heavy atom. The summed E-state index contributed by atoms with van der Waals surface area (Å²) < 4.78 is 39.2. The highest BCUT2D eigenvalue weighted by Gasteiger charge is 2.20. The molecule has 0 aliphatic rings. The molecule has 0 unspecified atom stereocenters. The smallest absolute Gasteiger partial charge is 0.241 e. The van der Waals surface area contributed by atoms with E-state index in [2.05, 4.69) is 9.88 Å². The summed E-state index contributed by atoms with van der Waals surface area (Å²) in [5.41, 5.74) is 5.75. The first-order chi connectivity index (χ1) is 8.27. The molecule has 0 saturated heterocycles. The van der Waals surface area contributed by atoms with Crippen molar-refractivity contribution in [1.29, 1.82) is 0 Å². The van der Waals surface area contributed by atoms with Crippen LogP contribution in [0.1, 0.15) is 11.1 Å². The molecule has 0 heterocycles. The topological polar surface area (TPSA) is 105 Å². The summed E-state index contributed by atoms with van der Waals surface area (Å²) in [6, 6.07) is 2.26. The molecular formula is C10H14FN3O3S. The molecule has 0 atom stereocenters. The van der Waals surface area contributed by atoms with Crippen LogP contribution in [0.4, 0.5) is 4.39 Å². The van der Waals surface area contributed by atoms with Crippen LogP contribution < -0.4 is 10.5 Å². The average Bonchev–Trinajstić information content (AvgIpc) is 2.24. The zero-order chi connectivity index (χ0) is 13.9.